The molecule has 0 aromatic heterocycles. The largest absolute Gasteiger partial charge is 0.368 e. The minimum Gasteiger partial charge on any atom is -0.368 e. The number of likely N-dealkylation sites (tertiary alicyclic amines) is 1. The number of hydrogen-bond acceptors (Lipinski definition) is 3. The Labute approximate surface area is 118 Å². The third-order valence-corrected chi connectivity index (χ3v) is 5.82. The van der Waals surface area contributed by atoms with Gasteiger partial charge in [-0.05, 0) is 66.3 Å². The van der Waals surface area contributed by atoms with Gasteiger partial charge in [-0.2, -0.15) is 0 Å². The van der Waals surface area contributed by atoms with E-state index in [4.69, 9.17) is 4.74 Å². The zero-order valence-electron chi connectivity index (χ0n) is 13.4. The molecule has 3 aliphatic rings. The maximum Gasteiger partial charge on any atom is 0.0789 e. The lowest BCUT2D eigenvalue weighted by atomic mass is 9.83. The van der Waals surface area contributed by atoms with Crippen LogP contribution in [0.3, 0.4) is 0 Å². The molecule has 0 amide bonds. The molecule has 3 nitrogen and oxygen atoms in total. The van der Waals surface area contributed by atoms with Gasteiger partial charge in [0.25, 0.3) is 0 Å². The molecule has 0 aromatic carbocycles. The van der Waals surface area contributed by atoms with Gasteiger partial charge in [0.2, 0.25) is 0 Å². The molecule has 0 aromatic rings. The van der Waals surface area contributed by atoms with Crippen LogP contribution in [-0.4, -0.2) is 47.3 Å². The van der Waals surface area contributed by atoms with Gasteiger partial charge in [-0.15, -0.1) is 0 Å². The maximum atomic E-state index is 6.32. The summed E-state index contributed by atoms with van der Waals surface area (Å²) in [6.45, 7) is 17.5. The van der Waals surface area contributed by atoms with Crippen molar-refractivity contribution in [1.29, 1.82) is 0 Å². The van der Waals surface area contributed by atoms with Gasteiger partial charge in [0, 0.05) is 24.7 Å². The number of fused-ring (bicyclic) bond motifs is 1. The van der Waals surface area contributed by atoms with Gasteiger partial charge in [-0.1, -0.05) is 0 Å². The monoisotopic (exact) mass is 266 g/mol. The minimum atomic E-state index is -0.0349. The average molecular weight is 266 g/mol. The molecule has 19 heavy (non-hydrogen) atoms. The van der Waals surface area contributed by atoms with Crippen molar-refractivity contribution >= 4 is 0 Å². The van der Waals surface area contributed by atoms with E-state index in [1.165, 1.54) is 19.6 Å². The molecule has 3 atom stereocenters. The highest BCUT2D eigenvalue weighted by Gasteiger charge is 2.57. The Hall–Kier alpha value is -0.120. The Kier molecular flexibility index (Phi) is 2.88. The van der Waals surface area contributed by atoms with E-state index in [9.17, 15) is 0 Å². The third-order valence-electron chi connectivity index (χ3n) is 5.82. The summed E-state index contributed by atoms with van der Waals surface area (Å²) in [5.74, 6) is 1.63. The summed E-state index contributed by atoms with van der Waals surface area (Å²) in [6.07, 6.45) is 1.15. The second kappa shape index (κ2) is 3.96. The summed E-state index contributed by atoms with van der Waals surface area (Å²) in [4.78, 5) is 2.76. The van der Waals surface area contributed by atoms with Crippen molar-refractivity contribution in [1.82, 2.24) is 10.2 Å². The van der Waals surface area contributed by atoms with E-state index in [2.05, 4.69) is 51.8 Å². The number of nitrogens with one attached hydrogen (secondary N) is 1. The lowest BCUT2D eigenvalue weighted by Crippen LogP contribution is -2.55. The van der Waals surface area contributed by atoms with Crippen molar-refractivity contribution in [3.63, 3.8) is 0 Å². The second-order valence-electron chi connectivity index (χ2n) is 8.52. The summed E-state index contributed by atoms with van der Waals surface area (Å²) < 4.78 is 6.32. The van der Waals surface area contributed by atoms with E-state index in [-0.39, 0.29) is 11.2 Å². The normalized spacial score (nSPS) is 43.6. The lowest BCUT2D eigenvalue weighted by Gasteiger charge is -2.43. The van der Waals surface area contributed by atoms with Gasteiger partial charge in [-0.25, -0.2) is 0 Å². The van der Waals surface area contributed by atoms with Crippen LogP contribution in [0.5, 0.6) is 0 Å². The summed E-state index contributed by atoms with van der Waals surface area (Å²) in [5, 5.41) is 3.57. The average Bonchev–Trinajstić information content (AvgIpc) is 2.81. The summed E-state index contributed by atoms with van der Waals surface area (Å²) in [5.41, 5.74) is 0.271. The Balaban J connectivity index is 1.87. The van der Waals surface area contributed by atoms with E-state index >= 15 is 0 Å². The Morgan fingerprint density at radius 2 is 1.74 bits per heavy atom. The van der Waals surface area contributed by atoms with Crippen molar-refractivity contribution in [2.24, 2.45) is 11.8 Å². The third kappa shape index (κ3) is 2.05. The Bertz CT molecular complexity index is 375. The van der Waals surface area contributed by atoms with Crippen molar-refractivity contribution in [2.45, 2.75) is 70.7 Å². The minimum absolute atomic E-state index is 0.0141. The van der Waals surface area contributed by atoms with Crippen molar-refractivity contribution in [3.8, 4) is 0 Å². The van der Waals surface area contributed by atoms with Gasteiger partial charge in [0.1, 0.15) is 0 Å². The standard InChI is InChI=1S/C16H30N2O/c1-14(2)7-13(16(5,6)19-14)18-10-11-8-17-9-12(11)15(18,3)4/h11-13,17H,7-10H2,1-6H3. The predicted molar refractivity (Wildman–Crippen MR) is 78.3 cm³/mol. The molecule has 3 heterocycles. The molecule has 3 unspecified atom stereocenters. The maximum absolute atomic E-state index is 6.32. The first-order valence-corrected chi connectivity index (χ1v) is 7.81. The molecular formula is C16H30N2O. The molecule has 0 bridgehead atoms. The van der Waals surface area contributed by atoms with Crippen molar-refractivity contribution in [3.05, 3.63) is 0 Å². The first-order valence-electron chi connectivity index (χ1n) is 7.81. The molecule has 0 saturated carbocycles. The van der Waals surface area contributed by atoms with E-state index in [0.717, 1.165) is 18.3 Å². The topological polar surface area (TPSA) is 24.5 Å². The van der Waals surface area contributed by atoms with Crippen LogP contribution in [0.25, 0.3) is 0 Å². The zero-order valence-corrected chi connectivity index (χ0v) is 13.4. The first kappa shape index (κ1) is 13.8. The quantitative estimate of drug-likeness (QED) is 0.788. The number of hydrogen-bond donors (Lipinski definition) is 1. The fourth-order valence-electron chi connectivity index (χ4n) is 5.00. The van der Waals surface area contributed by atoms with Crippen LogP contribution in [0.2, 0.25) is 0 Å². The predicted octanol–water partition coefficient (Wildman–Crippen LogP) is 2.26. The van der Waals surface area contributed by atoms with Crippen molar-refractivity contribution < 1.29 is 4.74 Å². The first-order chi connectivity index (χ1) is 8.63. The Morgan fingerprint density at radius 1 is 1.05 bits per heavy atom. The molecule has 0 aliphatic carbocycles. The van der Waals surface area contributed by atoms with Crippen LogP contribution in [0.15, 0.2) is 0 Å². The molecule has 3 aliphatic heterocycles. The van der Waals surface area contributed by atoms with Crippen LogP contribution in [0.4, 0.5) is 0 Å². The van der Waals surface area contributed by atoms with E-state index in [1.807, 2.05) is 0 Å². The molecule has 3 heteroatoms. The van der Waals surface area contributed by atoms with E-state index in [0.29, 0.717) is 11.6 Å². The summed E-state index contributed by atoms with van der Waals surface area (Å²) in [7, 11) is 0. The SMILES string of the molecule is CC1(C)CC(N2CC3CNCC3C2(C)C)C(C)(C)O1. The van der Waals surface area contributed by atoms with E-state index < -0.39 is 0 Å². The van der Waals surface area contributed by atoms with Gasteiger partial charge in [0.15, 0.2) is 0 Å². The van der Waals surface area contributed by atoms with Crippen LogP contribution in [0, 0.1) is 11.8 Å². The molecule has 1 N–H and O–H groups in total. The summed E-state index contributed by atoms with van der Waals surface area (Å²) >= 11 is 0. The second-order valence-corrected chi connectivity index (χ2v) is 8.52. The zero-order chi connectivity index (χ0) is 14.1. The summed E-state index contributed by atoms with van der Waals surface area (Å²) in [6, 6.07) is 0.545. The number of nitrogens with zero attached hydrogens (tertiary/aromatic N) is 1. The van der Waals surface area contributed by atoms with Crippen LogP contribution >= 0.6 is 0 Å². The van der Waals surface area contributed by atoms with Crippen LogP contribution in [-0.2, 0) is 4.74 Å². The molecule has 0 radical (unpaired) electrons. The molecule has 3 fully saturated rings. The van der Waals surface area contributed by atoms with Crippen molar-refractivity contribution in [2.75, 3.05) is 19.6 Å². The number of ether oxygens (including phenoxy) is 1. The number of rotatable bonds is 1. The smallest absolute Gasteiger partial charge is 0.0789 e. The van der Waals surface area contributed by atoms with Gasteiger partial charge in [0.05, 0.1) is 11.2 Å². The van der Waals surface area contributed by atoms with Gasteiger partial charge < -0.3 is 10.1 Å². The highest BCUT2D eigenvalue weighted by molar-refractivity contribution is 5.11. The highest BCUT2D eigenvalue weighted by atomic mass is 16.5. The molecule has 3 rings (SSSR count). The molecule has 0 spiro atoms. The Morgan fingerprint density at radius 3 is 2.26 bits per heavy atom. The molecule has 3 saturated heterocycles. The molecule has 110 valence electrons. The fourth-order valence-corrected chi connectivity index (χ4v) is 5.00. The molecular weight excluding hydrogens is 236 g/mol. The van der Waals surface area contributed by atoms with E-state index in [1.54, 1.807) is 0 Å². The highest BCUT2D eigenvalue weighted by Crippen LogP contribution is 2.48. The van der Waals surface area contributed by atoms with Gasteiger partial charge >= 0.3 is 0 Å². The van der Waals surface area contributed by atoms with Gasteiger partial charge in [-0.3, -0.25) is 4.90 Å². The lowest BCUT2D eigenvalue weighted by molar-refractivity contribution is -0.0872. The van der Waals surface area contributed by atoms with Crippen LogP contribution in [0.1, 0.15) is 48.0 Å². The fraction of sp³-hybridized carbons (Fsp3) is 1.00. The van der Waals surface area contributed by atoms with Crippen LogP contribution < -0.4 is 5.32 Å².